The maximum atomic E-state index is 12.7. The maximum absolute atomic E-state index is 12.7. The van der Waals surface area contributed by atoms with Gasteiger partial charge < -0.3 is 19.7 Å². The second-order valence-corrected chi connectivity index (χ2v) is 9.00. The number of urea groups is 1. The topological polar surface area (TPSA) is 97.0 Å². The molecule has 4 rings (SSSR count). The molecule has 2 aliphatic heterocycles. The van der Waals surface area contributed by atoms with Crippen molar-refractivity contribution in [3.05, 3.63) is 42.5 Å². The lowest BCUT2D eigenvalue weighted by atomic mass is 10.2. The molecule has 0 bridgehead atoms. The molecule has 2 aromatic rings. The second kappa shape index (κ2) is 8.83. The molecule has 160 valence electrons. The van der Waals surface area contributed by atoms with Gasteiger partial charge in [0.15, 0.2) is 11.5 Å². The van der Waals surface area contributed by atoms with E-state index in [2.05, 4.69) is 10.0 Å². The Morgan fingerprint density at radius 1 is 0.833 bits per heavy atom. The first kappa shape index (κ1) is 20.3. The number of anilines is 2. The minimum atomic E-state index is -3.78. The van der Waals surface area contributed by atoms with Crippen molar-refractivity contribution in [3.8, 4) is 11.5 Å². The number of hydrogen-bond acceptors (Lipinski definition) is 5. The number of ether oxygens (including phenoxy) is 2. The van der Waals surface area contributed by atoms with Crippen molar-refractivity contribution in [3.63, 3.8) is 0 Å². The molecular weight excluding hydrogens is 406 g/mol. The quantitative estimate of drug-likeness (QED) is 0.770. The minimum Gasteiger partial charge on any atom is -0.486 e. The minimum absolute atomic E-state index is 0.102. The fraction of sp³-hybridized carbons (Fsp3) is 0.381. The lowest BCUT2D eigenvalue weighted by Gasteiger charge is -2.21. The molecular formula is C21H25N3O5S. The number of carbonyl (C=O) groups is 1. The molecule has 0 aliphatic carbocycles. The molecule has 9 heteroatoms. The van der Waals surface area contributed by atoms with Crippen molar-refractivity contribution in [2.45, 2.75) is 30.6 Å². The summed E-state index contributed by atoms with van der Waals surface area (Å²) in [6.45, 7) is 2.39. The van der Waals surface area contributed by atoms with Crippen LogP contribution in [0.1, 0.15) is 25.7 Å². The SMILES string of the molecule is O=C(Nc1ccc(S(=O)(=O)Nc2ccc3c(c2)OCCO3)cc1)N1CCCCCC1. The predicted molar refractivity (Wildman–Crippen MR) is 114 cm³/mol. The van der Waals surface area contributed by atoms with Crippen molar-refractivity contribution in [1.29, 1.82) is 0 Å². The Labute approximate surface area is 176 Å². The summed E-state index contributed by atoms with van der Waals surface area (Å²) in [6.07, 6.45) is 4.31. The highest BCUT2D eigenvalue weighted by molar-refractivity contribution is 7.92. The van der Waals surface area contributed by atoms with E-state index in [-0.39, 0.29) is 10.9 Å². The van der Waals surface area contributed by atoms with Gasteiger partial charge in [0.25, 0.3) is 10.0 Å². The monoisotopic (exact) mass is 431 g/mol. The van der Waals surface area contributed by atoms with Crippen LogP contribution in [-0.4, -0.2) is 45.7 Å². The van der Waals surface area contributed by atoms with Gasteiger partial charge in [-0.1, -0.05) is 12.8 Å². The zero-order valence-corrected chi connectivity index (χ0v) is 17.4. The second-order valence-electron chi connectivity index (χ2n) is 7.32. The van der Waals surface area contributed by atoms with Gasteiger partial charge in [-0.05, 0) is 49.2 Å². The first-order chi connectivity index (χ1) is 14.5. The highest BCUT2D eigenvalue weighted by Gasteiger charge is 2.19. The van der Waals surface area contributed by atoms with Crippen molar-refractivity contribution < 1.29 is 22.7 Å². The summed E-state index contributed by atoms with van der Waals surface area (Å²) in [5.74, 6) is 1.10. The van der Waals surface area contributed by atoms with Gasteiger partial charge in [-0.3, -0.25) is 4.72 Å². The van der Waals surface area contributed by atoms with Crippen LogP contribution in [0.25, 0.3) is 0 Å². The molecule has 0 saturated carbocycles. The third kappa shape index (κ3) is 4.79. The summed E-state index contributed by atoms with van der Waals surface area (Å²) in [7, 11) is -3.78. The molecule has 2 aliphatic rings. The largest absolute Gasteiger partial charge is 0.486 e. The van der Waals surface area contributed by atoms with Gasteiger partial charge in [0.2, 0.25) is 0 Å². The van der Waals surface area contributed by atoms with Crippen LogP contribution < -0.4 is 19.5 Å². The van der Waals surface area contributed by atoms with E-state index in [1.165, 1.54) is 12.1 Å². The van der Waals surface area contributed by atoms with Crippen molar-refractivity contribution in [1.82, 2.24) is 4.90 Å². The lowest BCUT2D eigenvalue weighted by Crippen LogP contribution is -2.35. The molecule has 2 aromatic carbocycles. The van der Waals surface area contributed by atoms with Crippen LogP contribution in [0.3, 0.4) is 0 Å². The number of sulfonamides is 1. The standard InChI is InChI=1S/C21H25N3O5S/c25-21(24-11-3-1-2-4-12-24)22-16-5-8-18(9-6-16)30(26,27)23-17-7-10-19-20(15-17)29-14-13-28-19/h5-10,15,23H,1-4,11-14H2,(H,22,25). The number of nitrogens with one attached hydrogen (secondary N) is 2. The number of nitrogens with zero attached hydrogens (tertiary/aromatic N) is 1. The van der Waals surface area contributed by atoms with Gasteiger partial charge in [-0.25, -0.2) is 13.2 Å². The maximum Gasteiger partial charge on any atom is 0.321 e. The van der Waals surface area contributed by atoms with Crippen molar-refractivity contribution in [2.75, 3.05) is 36.3 Å². The van der Waals surface area contributed by atoms with E-state index in [0.717, 1.165) is 38.8 Å². The molecule has 0 aromatic heterocycles. The summed E-state index contributed by atoms with van der Waals surface area (Å²) in [5, 5.41) is 2.84. The zero-order valence-electron chi connectivity index (χ0n) is 16.6. The molecule has 1 fully saturated rings. The Balaban J connectivity index is 1.41. The van der Waals surface area contributed by atoms with Crippen LogP contribution in [0, 0.1) is 0 Å². The van der Waals surface area contributed by atoms with Crippen LogP contribution in [0.4, 0.5) is 16.2 Å². The van der Waals surface area contributed by atoms with E-state index < -0.39 is 10.0 Å². The van der Waals surface area contributed by atoms with Gasteiger partial charge >= 0.3 is 6.03 Å². The summed E-state index contributed by atoms with van der Waals surface area (Å²) in [4.78, 5) is 14.3. The average molecular weight is 432 g/mol. The zero-order chi connectivity index (χ0) is 21.0. The summed E-state index contributed by atoms with van der Waals surface area (Å²) in [5.41, 5.74) is 0.945. The molecule has 0 atom stereocenters. The van der Waals surface area contributed by atoms with Gasteiger partial charge in [0.05, 0.1) is 10.6 Å². The molecule has 2 N–H and O–H groups in total. The summed E-state index contributed by atoms with van der Waals surface area (Å²) in [6, 6.07) is 10.9. The number of amides is 2. The summed E-state index contributed by atoms with van der Waals surface area (Å²) < 4.78 is 38.9. The van der Waals surface area contributed by atoms with Crippen molar-refractivity contribution in [2.24, 2.45) is 0 Å². The van der Waals surface area contributed by atoms with E-state index in [1.807, 2.05) is 0 Å². The third-order valence-electron chi connectivity index (χ3n) is 5.10. The van der Waals surface area contributed by atoms with Crippen LogP contribution in [0.15, 0.2) is 47.4 Å². The normalized spacial score (nSPS) is 16.5. The fourth-order valence-corrected chi connectivity index (χ4v) is 4.56. The number of hydrogen-bond donors (Lipinski definition) is 2. The fourth-order valence-electron chi connectivity index (χ4n) is 3.51. The Hall–Kier alpha value is -2.94. The summed E-state index contributed by atoms with van der Waals surface area (Å²) >= 11 is 0. The Bertz CT molecular complexity index is 1000. The van der Waals surface area contributed by atoms with Gasteiger partial charge in [-0.2, -0.15) is 0 Å². The number of rotatable bonds is 4. The molecule has 0 radical (unpaired) electrons. The van der Waals surface area contributed by atoms with Crippen LogP contribution >= 0.6 is 0 Å². The first-order valence-corrected chi connectivity index (χ1v) is 11.6. The number of likely N-dealkylation sites (tertiary alicyclic amines) is 1. The Kier molecular flexibility index (Phi) is 5.98. The smallest absolute Gasteiger partial charge is 0.321 e. The van der Waals surface area contributed by atoms with Crippen LogP contribution in [0.2, 0.25) is 0 Å². The van der Waals surface area contributed by atoms with Gasteiger partial charge in [0.1, 0.15) is 13.2 Å². The third-order valence-corrected chi connectivity index (χ3v) is 6.50. The number of benzene rings is 2. The average Bonchev–Trinajstić information content (AvgIpc) is 3.03. The van der Waals surface area contributed by atoms with E-state index in [9.17, 15) is 13.2 Å². The van der Waals surface area contributed by atoms with E-state index in [1.54, 1.807) is 35.2 Å². The molecule has 8 nitrogen and oxygen atoms in total. The van der Waals surface area contributed by atoms with E-state index >= 15 is 0 Å². The van der Waals surface area contributed by atoms with Crippen LogP contribution in [-0.2, 0) is 10.0 Å². The number of carbonyl (C=O) groups excluding carboxylic acids is 1. The molecule has 1 saturated heterocycles. The lowest BCUT2D eigenvalue weighted by molar-refractivity contribution is 0.171. The molecule has 30 heavy (non-hydrogen) atoms. The van der Waals surface area contributed by atoms with Crippen molar-refractivity contribution >= 4 is 27.4 Å². The first-order valence-electron chi connectivity index (χ1n) is 10.1. The molecule has 0 spiro atoms. The highest BCUT2D eigenvalue weighted by atomic mass is 32.2. The molecule has 2 amide bonds. The Morgan fingerprint density at radius 3 is 2.17 bits per heavy atom. The Morgan fingerprint density at radius 2 is 1.47 bits per heavy atom. The van der Waals surface area contributed by atoms with Crippen LogP contribution in [0.5, 0.6) is 11.5 Å². The number of fused-ring (bicyclic) bond motifs is 1. The predicted octanol–water partition coefficient (Wildman–Crippen LogP) is 3.67. The van der Waals surface area contributed by atoms with Gasteiger partial charge in [-0.15, -0.1) is 0 Å². The molecule has 0 unspecified atom stereocenters. The van der Waals surface area contributed by atoms with Gasteiger partial charge in [0, 0.05) is 24.8 Å². The highest BCUT2D eigenvalue weighted by Crippen LogP contribution is 2.33. The van der Waals surface area contributed by atoms with E-state index in [0.29, 0.717) is 36.1 Å². The molecule has 2 heterocycles. The van der Waals surface area contributed by atoms with E-state index in [4.69, 9.17) is 9.47 Å².